The molecule has 2 aromatic heterocycles. The standard InChI is InChI=1S/C17H14ClF2N3O3S/c1-17(19,20)15-8-13(10-3-5-14(24)12(18)7-10)23(22-15)11-4-6-16(21-9-11)27(2,25)26/h3-9,24H,1-2H3. The number of phenols is 1. The molecule has 0 amide bonds. The van der Waals surface area contributed by atoms with E-state index in [2.05, 4.69) is 10.1 Å². The van der Waals surface area contributed by atoms with Crippen LogP contribution in [0, 0.1) is 0 Å². The topological polar surface area (TPSA) is 85.1 Å². The van der Waals surface area contributed by atoms with E-state index in [0.717, 1.165) is 13.2 Å². The van der Waals surface area contributed by atoms with Gasteiger partial charge in [0.2, 0.25) is 0 Å². The third-order valence-corrected chi connectivity index (χ3v) is 5.05. The number of hydrogen-bond donors (Lipinski definition) is 1. The maximum Gasteiger partial charge on any atom is 0.288 e. The molecule has 0 aliphatic rings. The van der Waals surface area contributed by atoms with Gasteiger partial charge in [0.1, 0.15) is 11.4 Å². The number of aromatic hydroxyl groups is 1. The van der Waals surface area contributed by atoms with Crippen molar-refractivity contribution in [2.24, 2.45) is 0 Å². The Morgan fingerprint density at radius 3 is 2.41 bits per heavy atom. The Labute approximate surface area is 159 Å². The van der Waals surface area contributed by atoms with E-state index in [4.69, 9.17) is 11.6 Å². The van der Waals surface area contributed by atoms with Gasteiger partial charge in [0.25, 0.3) is 5.92 Å². The highest BCUT2D eigenvalue weighted by Gasteiger charge is 2.30. The largest absolute Gasteiger partial charge is 0.506 e. The number of nitrogens with zero attached hydrogens (tertiary/aromatic N) is 3. The molecule has 3 aromatic rings. The molecule has 1 N–H and O–H groups in total. The van der Waals surface area contributed by atoms with Crippen LogP contribution in [0.15, 0.2) is 47.6 Å². The molecule has 0 radical (unpaired) electrons. The second-order valence-electron chi connectivity index (χ2n) is 6.01. The van der Waals surface area contributed by atoms with Crippen LogP contribution < -0.4 is 0 Å². The lowest BCUT2D eigenvalue weighted by atomic mass is 10.1. The zero-order valence-electron chi connectivity index (χ0n) is 14.2. The summed E-state index contributed by atoms with van der Waals surface area (Å²) in [6.45, 7) is 0.720. The zero-order chi connectivity index (χ0) is 20.0. The van der Waals surface area contributed by atoms with E-state index in [0.29, 0.717) is 5.56 Å². The van der Waals surface area contributed by atoms with Gasteiger partial charge in [0, 0.05) is 18.7 Å². The average molecular weight is 414 g/mol. The van der Waals surface area contributed by atoms with Crippen LogP contribution >= 0.6 is 11.6 Å². The summed E-state index contributed by atoms with van der Waals surface area (Å²) in [6.07, 6.45) is 2.25. The lowest BCUT2D eigenvalue weighted by molar-refractivity contribution is 0.0124. The number of halogens is 3. The van der Waals surface area contributed by atoms with Gasteiger partial charge < -0.3 is 5.11 Å². The van der Waals surface area contributed by atoms with Crippen LogP contribution in [0.2, 0.25) is 5.02 Å². The van der Waals surface area contributed by atoms with E-state index in [1.54, 1.807) is 0 Å². The van der Waals surface area contributed by atoms with E-state index in [1.807, 2.05) is 0 Å². The van der Waals surface area contributed by atoms with Gasteiger partial charge >= 0.3 is 0 Å². The molecule has 27 heavy (non-hydrogen) atoms. The normalized spacial score (nSPS) is 12.3. The van der Waals surface area contributed by atoms with Crippen LogP contribution in [0.25, 0.3) is 16.9 Å². The van der Waals surface area contributed by atoms with Crippen LogP contribution in [-0.4, -0.2) is 34.5 Å². The molecule has 0 aliphatic heterocycles. The first-order chi connectivity index (χ1) is 12.5. The number of hydrogen-bond acceptors (Lipinski definition) is 5. The predicted octanol–water partition coefficient (Wildman–Crippen LogP) is 3.81. The molecule has 1 aromatic carbocycles. The lowest BCUT2D eigenvalue weighted by Crippen LogP contribution is -2.09. The second-order valence-corrected chi connectivity index (χ2v) is 8.38. The van der Waals surface area contributed by atoms with Crippen LogP contribution in [0.1, 0.15) is 12.6 Å². The van der Waals surface area contributed by atoms with E-state index in [1.165, 1.54) is 47.3 Å². The molecule has 3 rings (SSSR count). The van der Waals surface area contributed by atoms with Gasteiger partial charge in [-0.2, -0.15) is 13.9 Å². The van der Waals surface area contributed by atoms with Crippen molar-refractivity contribution in [1.29, 1.82) is 0 Å². The number of aromatic nitrogens is 3. The Hall–Kier alpha value is -2.52. The minimum absolute atomic E-state index is 0.0515. The summed E-state index contributed by atoms with van der Waals surface area (Å²) in [5, 5.41) is 13.4. The van der Waals surface area contributed by atoms with Gasteiger partial charge in [-0.25, -0.2) is 18.1 Å². The van der Waals surface area contributed by atoms with Gasteiger partial charge in [0.05, 0.1) is 22.6 Å². The van der Waals surface area contributed by atoms with Crippen molar-refractivity contribution in [3.63, 3.8) is 0 Å². The summed E-state index contributed by atoms with van der Waals surface area (Å²) >= 11 is 5.92. The lowest BCUT2D eigenvalue weighted by Gasteiger charge is -2.09. The first kappa shape index (κ1) is 19.2. The highest BCUT2D eigenvalue weighted by molar-refractivity contribution is 7.90. The van der Waals surface area contributed by atoms with Crippen molar-refractivity contribution >= 4 is 21.4 Å². The van der Waals surface area contributed by atoms with Crippen molar-refractivity contribution in [2.45, 2.75) is 17.9 Å². The van der Waals surface area contributed by atoms with Crippen molar-refractivity contribution in [1.82, 2.24) is 14.8 Å². The van der Waals surface area contributed by atoms with Gasteiger partial charge in [-0.15, -0.1) is 0 Å². The Kier molecular flexibility index (Phi) is 4.69. The maximum absolute atomic E-state index is 13.8. The number of alkyl halides is 2. The number of sulfone groups is 1. The van der Waals surface area contributed by atoms with E-state index < -0.39 is 21.5 Å². The molecule has 0 bridgehead atoms. The molecule has 6 nitrogen and oxygen atoms in total. The van der Waals surface area contributed by atoms with Gasteiger partial charge in [-0.3, -0.25) is 0 Å². The van der Waals surface area contributed by atoms with Crippen LogP contribution in [0.3, 0.4) is 0 Å². The summed E-state index contributed by atoms with van der Waals surface area (Å²) in [7, 11) is -3.50. The highest BCUT2D eigenvalue weighted by atomic mass is 35.5. The fraction of sp³-hybridized carbons (Fsp3) is 0.176. The van der Waals surface area contributed by atoms with Crippen molar-refractivity contribution < 1.29 is 22.3 Å². The number of pyridine rings is 1. The molecule has 0 saturated heterocycles. The van der Waals surface area contributed by atoms with Gasteiger partial charge in [0.15, 0.2) is 14.9 Å². The number of phenolic OH excluding ortho intramolecular Hbond substituents is 1. The Bertz CT molecular complexity index is 1110. The van der Waals surface area contributed by atoms with E-state index in [-0.39, 0.29) is 27.2 Å². The monoisotopic (exact) mass is 413 g/mol. The van der Waals surface area contributed by atoms with Gasteiger partial charge in [-0.05, 0) is 36.4 Å². The van der Waals surface area contributed by atoms with Crippen LogP contribution in [-0.2, 0) is 15.8 Å². The third kappa shape index (κ3) is 3.93. The molecule has 142 valence electrons. The van der Waals surface area contributed by atoms with E-state index >= 15 is 0 Å². The smallest absolute Gasteiger partial charge is 0.288 e. The second kappa shape index (κ2) is 6.58. The molecule has 10 heteroatoms. The fourth-order valence-electron chi connectivity index (χ4n) is 2.38. The van der Waals surface area contributed by atoms with Crippen molar-refractivity contribution in [3.8, 4) is 22.7 Å². The molecule has 0 fully saturated rings. The van der Waals surface area contributed by atoms with Crippen LogP contribution in [0.5, 0.6) is 5.75 Å². The highest BCUT2D eigenvalue weighted by Crippen LogP contribution is 2.34. The summed E-state index contributed by atoms with van der Waals surface area (Å²) in [4.78, 5) is 3.86. The Morgan fingerprint density at radius 2 is 1.89 bits per heavy atom. The SMILES string of the molecule is CC(F)(F)c1cc(-c2ccc(O)c(Cl)c2)n(-c2ccc(S(C)(=O)=O)nc2)n1. The summed E-state index contributed by atoms with van der Waals surface area (Å²) in [5.41, 5.74) is 0.529. The summed E-state index contributed by atoms with van der Waals surface area (Å²) in [5.74, 6) is -3.34. The molecule has 0 unspecified atom stereocenters. The molecule has 0 spiro atoms. The molecule has 0 atom stereocenters. The summed E-state index contributed by atoms with van der Waals surface area (Å²) in [6, 6.07) is 8.14. The van der Waals surface area contributed by atoms with Gasteiger partial charge in [-0.1, -0.05) is 11.6 Å². The fourth-order valence-corrected chi connectivity index (χ4v) is 3.12. The Morgan fingerprint density at radius 1 is 1.19 bits per heavy atom. The number of rotatable bonds is 4. The molecule has 2 heterocycles. The molecule has 0 saturated carbocycles. The Balaban J connectivity index is 2.19. The van der Waals surface area contributed by atoms with Crippen LogP contribution in [0.4, 0.5) is 8.78 Å². The predicted molar refractivity (Wildman–Crippen MR) is 96.1 cm³/mol. The minimum atomic E-state index is -3.50. The van der Waals surface area contributed by atoms with Crippen molar-refractivity contribution in [3.05, 3.63) is 53.3 Å². The quantitative estimate of drug-likeness (QED) is 0.703. The van der Waals surface area contributed by atoms with E-state index in [9.17, 15) is 22.3 Å². The third-order valence-electron chi connectivity index (χ3n) is 3.75. The first-order valence-electron chi connectivity index (χ1n) is 7.60. The van der Waals surface area contributed by atoms with Crippen molar-refractivity contribution in [2.75, 3.05) is 6.26 Å². The average Bonchev–Trinajstić information content (AvgIpc) is 3.02. The number of benzene rings is 1. The molecule has 0 aliphatic carbocycles. The minimum Gasteiger partial charge on any atom is -0.506 e. The zero-order valence-corrected chi connectivity index (χ0v) is 15.8. The maximum atomic E-state index is 13.8. The first-order valence-corrected chi connectivity index (χ1v) is 9.87. The summed E-state index contributed by atoms with van der Waals surface area (Å²) < 4.78 is 51.9. The molecular formula is C17H14ClF2N3O3S. The molecular weight excluding hydrogens is 400 g/mol.